The van der Waals surface area contributed by atoms with Crippen molar-refractivity contribution < 1.29 is 22.3 Å². The summed E-state index contributed by atoms with van der Waals surface area (Å²) in [5.74, 6) is -1.34. The molecule has 4 rings (SSSR count). The average molecular weight is 559 g/mol. The van der Waals surface area contributed by atoms with Gasteiger partial charge in [-0.1, -0.05) is 35.9 Å². The maximum atomic E-state index is 13.7. The monoisotopic (exact) mass is 558 g/mol. The van der Waals surface area contributed by atoms with Crippen LogP contribution in [0.25, 0.3) is 10.9 Å². The highest BCUT2D eigenvalue weighted by molar-refractivity contribution is 7.92. The highest BCUT2D eigenvalue weighted by Crippen LogP contribution is 2.28. The Bertz CT molecular complexity index is 1690. The summed E-state index contributed by atoms with van der Waals surface area (Å²) in [4.78, 5) is 26.0. The van der Waals surface area contributed by atoms with Gasteiger partial charge in [-0.2, -0.15) is 5.10 Å². The molecule has 38 heavy (non-hydrogen) atoms. The van der Waals surface area contributed by atoms with E-state index in [0.717, 1.165) is 0 Å². The summed E-state index contributed by atoms with van der Waals surface area (Å²) in [6.45, 7) is 2.76. The summed E-state index contributed by atoms with van der Waals surface area (Å²) < 4.78 is 45.6. The van der Waals surface area contributed by atoms with Crippen LogP contribution in [0.2, 0.25) is 5.02 Å². The summed E-state index contributed by atoms with van der Waals surface area (Å²) in [6.07, 6.45) is 1.36. The molecule has 0 bridgehead atoms. The van der Waals surface area contributed by atoms with Crippen molar-refractivity contribution in [1.82, 2.24) is 20.1 Å². The van der Waals surface area contributed by atoms with Crippen LogP contribution >= 0.6 is 11.6 Å². The number of halogens is 2. The van der Waals surface area contributed by atoms with Crippen LogP contribution in [0.5, 0.6) is 5.88 Å². The molecule has 0 spiro atoms. The van der Waals surface area contributed by atoms with Gasteiger partial charge in [0.25, 0.3) is 17.3 Å². The molecule has 9 nitrogen and oxygen atoms in total. The molecular formula is C26H24ClFN4O5S. The molecule has 0 fully saturated rings. The van der Waals surface area contributed by atoms with E-state index in [1.165, 1.54) is 62.0 Å². The minimum Gasteiger partial charge on any atom is -0.473 e. The lowest BCUT2D eigenvalue weighted by Gasteiger charge is -2.25. The van der Waals surface area contributed by atoms with Crippen LogP contribution in [0.3, 0.4) is 0 Å². The molecule has 2 heterocycles. The number of nitrogens with one attached hydrogen (secondary N) is 1. The largest absolute Gasteiger partial charge is 0.473 e. The number of carbonyl (C=O) groups is 1. The van der Waals surface area contributed by atoms with E-state index in [0.29, 0.717) is 10.9 Å². The van der Waals surface area contributed by atoms with E-state index in [2.05, 4.69) is 15.5 Å². The molecule has 0 aliphatic carbocycles. The molecule has 0 radical (unpaired) electrons. The van der Waals surface area contributed by atoms with E-state index < -0.39 is 31.9 Å². The van der Waals surface area contributed by atoms with Gasteiger partial charge in [0.1, 0.15) is 28.3 Å². The number of hydrogen-bond acceptors (Lipinski definition) is 7. The maximum absolute atomic E-state index is 13.7. The Balaban J connectivity index is 1.59. The maximum Gasteiger partial charge on any atom is 0.263 e. The Kier molecular flexibility index (Phi) is 7.52. The van der Waals surface area contributed by atoms with Gasteiger partial charge in [0, 0.05) is 19.0 Å². The zero-order valence-corrected chi connectivity index (χ0v) is 22.3. The predicted molar refractivity (Wildman–Crippen MR) is 141 cm³/mol. The number of ether oxygens (including phenoxy) is 1. The molecule has 0 aliphatic rings. The number of rotatable bonds is 8. The van der Waals surface area contributed by atoms with Crippen molar-refractivity contribution in [3.05, 3.63) is 93.1 Å². The van der Waals surface area contributed by atoms with E-state index >= 15 is 0 Å². The van der Waals surface area contributed by atoms with Crippen molar-refractivity contribution in [2.45, 2.75) is 30.0 Å². The number of benzene rings is 2. The first-order valence-electron chi connectivity index (χ1n) is 11.4. The van der Waals surface area contributed by atoms with Crippen LogP contribution in [-0.2, 0) is 23.4 Å². The molecule has 0 atom stereocenters. The Morgan fingerprint density at radius 3 is 2.55 bits per heavy atom. The van der Waals surface area contributed by atoms with Gasteiger partial charge >= 0.3 is 0 Å². The number of carbonyl (C=O) groups excluding carboxylic acids is 1. The number of pyridine rings is 1. The number of fused-ring (bicyclic) bond motifs is 1. The third kappa shape index (κ3) is 5.25. The number of nitrogens with zero attached hydrogens (tertiary/aromatic N) is 3. The summed E-state index contributed by atoms with van der Waals surface area (Å²) >= 11 is 5.69. The number of aromatic nitrogens is 3. The lowest BCUT2D eigenvalue weighted by atomic mass is 10.1. The number of sulfone groups is 1. The first-order valence-corrected chi connectivity index (χ1v) is 13.3. The normalized spacial score (nSPS) is 11.9. The molecule has 0 aliphatic heterocycles. The number of amides is 1. The first kappa shape index (κ1) is 27.2. The molecular weight excluding hydrogens is 535 g/mol. The van der Waals surface area contributed by atoms with Gasteiger partial charge < -0.3 is 14.6 Å². The van der Waals surface area contributed by atoms with Crippen LogP contribution in [0.4, 0.5) is 4.39 Å². The zero-order valence-electron chi connectivity index (χ0n) is 20.7. The van der Waals surface area contributed by atoms with E-state index in [-0.39, 0.29) is 40.0 Å². The van der Waals surface area contributed by atoms with E-state index in [9.17, 15) is 22.4 Å². The van der Waals surface area contributed by atoms with Crippen molar-refractivity contribution in [2.24, 2.45) is 7.05 Å². The second kappa shape index (κ2) is 10.5. The fourth-order valence-electron chi connectivity index (χ4n) is 3.74. The molecule has 4 aromatic rings. The van der Waals surface area contributed by atoms with Crippen LogP contribution in [0.1, 0.15) is 29.8 Å². The highest BCUT2D eigenvalue weighted by Gasteiger charge is 2.37. The molecule has 0 unspecified atom stereocenters. The Hall–Kier alpha value is -3.83. The highest BCUT2D eigenvalue weighted by atomic mass is 35.5. The van der Waals surface area contributed by atoms with Crippen molar-refractivity contribution >= 4 is 38.2 Å². The van der Waals surface area contributed by atoms with Crippen molar-refractivity contribution in [3.63, 3.8) is 0 Å². The standard InChI is InChI=1S/C26H24ClFN4O5S/c1-26(2,38(35,36)18-7-5-4-6-8-18)15-37-24-22-17(14-30-31-24)12-19(25(34)32(22)3)23(33)29-13-16-9-10-20(27)21(28)11-16/h4-12,14H,13,15H2,1-3H3,(H,29,33). The van der Waals surface area contributed by atoms with Gasteiger partial charge in [0.05, 0.1) is 16.1 Å². The molecule has 0 saturated carbocycles. The molecule has 2 aromatic heterocycles. The second-order valence-electron chi connectivity index (χ2n) is 9.17. The molecule has 12 heteroatoms. The number of hydrogen-bond donors (Lipinski definition) is 1. The Morgan fingerprint density at radius 2 is 1.87 bits per heavy atom. The third-order valence-electron chi connectivity index (χ3n) is 6.01. The fraction of sp³-hybridized carbons (Fsp3) is 0.231. The van der Waals surface area contributed by atoms with Gasteiger partial charge in [0.2, 0.25) is 0 Å². The SMILES string of the molecule is Cn1c(=O)c(C(=O)NCc2ccc(Cl)c(F)c2)cc2cnnc(OCC(C)(C)S(=O)(=O)c3ccccc3)c21. The lowest BCUT2D eigenvalue weighted by molar-refractivity contribution is 0.0949. The topological polar surface area (TPSA) is 120 Å². The third-order valence-corrected chi connectivity index (χ3v) is 8.78. The molecule has 1 N–H and O–H groups in total. The van der Waals surface area contributed by atoms with Crippen LogP contribution in [0.15, 0.2) is 70.5 Å². The number of aryl methyl sites for hydroxylation is 1. The minimum atomic E-state index is -3.76. The Morgan fingerprint density at radius 1 is 1.16 bits per heavy atom. The summed E-state index contributed by atoms with van der Waals surface area (Å²) in [5, 5.41) is 10.8. The minimum absolute atomic E-state index is 0.0258. The van der Waals surface area contributed by atoms with Crippen molar-refractivity contribution in [3.8, 4) is 5.88 Å². The fourth-order valence-corrected chi connectivity index (χ4v) is 5.23. The summed E-state index contributed by atoms with van der Waals surface area (Å²) in [5.41, 5.74) is -0.0895. The lowest BCUT2D eigenvalue weighted by Crippen LogP contribution is -2.38. The van der Waals surface area contributed by atoms with E-state index in [1.807, 2.05) is 0 Å². The van der Waals surface area contributed by atoms with Crippen LogP contribution in [-0.4, -0.2) is 40.4 Å². The average Bonchev–Trinajstić information content (AvgIpc) is 2.90. The van der Waals surface area contributed by atoms with E-state index in [1.54, 1.807) is 24.3 Å². The van der Waals surface area contributed by atoms with Crippen molar-refractivity contribution in [2.75, 3.05) is 6.61 Å². The van der Waals surface area contributed by atoms with E-state index in [4.69, 9.17) is 16.3 Å². The second-order valence-corrected chi connectivity index (χ2v) is 12.2. The first-order chi connectivity index (χ1) is 17.9. The zero-order chi connectivity index (χ0) is 27.7. The quantitative estimate of drug-likeness (QED) is 0.350. The smallest absolute Gasteiger partial charge is 0.263 e. The van der Waals surface area contributed by atoms with Crippen LogP contribution in [0, 0.1) is 5.82 Å². The molecule has 0 saturated heterocycles. The molecule has 2 aromatic carbocycles. The molecule has 198 valence electrons. The van der Waals surface area contributed by atoms with Gasteiger partial charge in [-0.3, -0.25) is 9.59 Å². The van der Waals surface area contributed by atoms with Gasteiger partial charge in [-0.05, 0) is 49.7 Å². The predicted octanol–water partition coefficient (Wildman–Crippen LogP) is 3.68. The van der Waals surface area contributed by atoms with Crippen LogP contribution < -0.4 is 15.6 Å². The van der Waals surface area contributed by atoms with Gasteiger partial charge in [-0.15, -0.1) is 5.10 Å². The van der Waals surface area contributed by atoms with Gasteiger partial charge in [0.15, 0.2) is 9.84 Å². The Labute approximate surface area is 223 Å². The summed E-state index contributed by atoms with van der Waals surface area (Å²) in [6, 6.07) is 13.5. The van der Waals surface area contributed by atoms with Gasteiger partial charge in [-0.25, -0.2) is 12.8 Å². The molecule has 1 amide bonds. The van der Waals surface area contributed by atoms with Crippen molar-refractivity contribution in [1.29, 1.82) is 0 Å². The summed E-state index contributed by atoms with van der Waals surface area (Å²) in [7, 11) is -2.32.